The normalized spacial score (nSPS) is 16.4. The van der Waals surface area contributed by atoms with Gasteiger partial charge in [-0.2, -0.15) is 4.39 Å². The first-order chi connectivity index (χ1) is 17.7. The van der Waals surface area contributed by atoms with Crippen LogP contribution < -0.4 is 15.8 Å². The molecule has 1 aliphatic rings. The van der Waals surface area contributed by atoms with Gasteiger partial charge in [-0.25, -0.2) is 18.2 Å². The van der Waals surface area contributed by atoms with Crippen molar-refractivity contribution in [3.63, 3.8) is 0 Å². The summed E-state index contributed by atoms with van der Waals surface area (Å²) in [6.07, 6.45) is 2.15. The lowest BCUT2D eigenvalue weighted by Gasteiger charge is -2.15. The maximum Gasteiger partial charge on any atom is 0.420 e. The third-order valence-electron chi connectivity index (χ3n) is 6.36. The predicted octanol–water partition coefficient (Wildman–Crippen LogP) is 3.95. The molecule has 0 saturated carbocycles. The van der Waals surface area contributed by atoms with Gasteiger partial charge in [-0.05, 0) is 74.7 Å². The summed E-state index contributed by atoms with van der Waals surface area (Å²) in [7, 11) is -4.12. The molecule has 1 fully saturated rings. The minimum atomic E-state index is -4.12. The SMILES string of the molecule is Cc1cc2c(cc1S(=O)(=O)Nc1cccc(F)n1)oc(=O)n2[C@H](C)c1cccc(C#CC2CCCN2)c1. The molecule has 0 bridgehead atoms. The van der Waals surface area contributed by atoms with Crippen molar-refractivity contribution in [2.45, 2.75) is 43.7 Å². The summed E-state index contributed by atoms with van der Waals surface area (Å²) in [5, 5.41) is 3.35. The molecule has 2 N–H and O–H groups in total. The highest BCUT2D eigenvalue weighted by atomic mass is 32.2. The third-order valence-corrected chi connectivity index (χ3v) is 7.86. The summed E-state index contributed by atoms with van der Waals surface area (Å²) >= 11 is 0. The van der Waals surface area contributed by atoms with Crippen LogP contribution >= 0.6 is 0 Å². The molecule has 8 nitrogen and oxygen atoms in total. The fourth-order valence-corrected chi connectivity index (χ4v) is 5.73. The molecule has 10 heteroatoms. The molecule has 37 heavy (non-hydrogen) atoms. The maximum absolute atomic E-state index is 13.4. The number of rotatable bonds is 5. The van der Waals surface area contributed by atoms with Gasteiger partial charge >= 0.3 is 5.76 Å². The van der Waals surface area contributed by atoms with Crippen molar-refractivity contribution in [3.05, 3.63) is 87.8 Å². The van der Waals surface area contributed by atoms with Gasteiger partial charge in [0, 0.05) is 11.6 Å². The lowest BCUT2D eigenvalue weighted by molar-refractivity contribution is 0.489. The number of aromatic nitrogens is 2. The largest absolute Gasteiger partial charge is 0.420 e. The average Bonchev–Trinajstić information content (AvgIpc) is 3.48. The van der Waals surface area contributed by atoms with Gasteiger partial charge in [-0.1, -0.05) is 30.0 Å². The molecular formula is C27H25FN4O4S. The van der Waals surface area contributed by atoms with Crippen LogP contribution in [-0.4, -0.2) is 30.6 Å². The number of fused-ring (bicyclic) bond motifs is 1. The van der Waals surface area contributed by atoms with E-state index >= 15 is 0 Å². The van der Waals surface area contributed by atoms with E-state index in [1.165, 1.54) is 22.8 Å². The molecule has 1 saturated heterocycles. The summed E-state index contributed by atoms with van der Waals surface area (Å²) in [6, 6.07) is 14.2. The first-order valence-electron chi connectivity index (χ1n) is 11.9. The molecule has 0 aliphatic carbocycles. The summed E-state index contributed by atoms with van der Waals surface area (Å²) in [5.41, 5.74) is 2.69. The lowest BCUT2D eigenvalue weighted by Crippen LogP contribution is -2.19. The standard InChI is InChI=1S/C27H25FN4O4S/c1-17-14-22-23(16-24(17)37(34,35)31-26-10-4-9-25(28)30-26)36-27(33)32(22)18(2)20-7-3-6-19(15-20)11-12-21-8-5-13-29-21/h3-4,6-7,9-10,14-16,18,21,29H,5,8,13H2,1-2H3,(H,30,31)/t18-,21?/m1/s1. The summed E-state index contributed by atoms with van der Waals surface area (Å²) < 4.78 is 48.6. The van der Waals surface area contributed by atoms with E-state index in [-0.39, 0.29) is 22.3 Å². The highest BCUT2D eigenvalue weighted by Gasteiger charge is 2.23. The second kappa shape index (κ2) is 9.84. The van der Waals surface area contributed by atoms with Crippen molar-refractivity contribution in [1.29, 1.82) is 0 Å². The number of nitrogens with zero attached hydrogens (tertiary/aromatic N) is 2. The van der Waals surface area contributed by atoms with E-state index in [1.807, 2.05) is 31.2 Å². The van der Waals surface area contributed by atoms with Crippen LogP contribution in [0.15, 0.2) is 68.7 Å². The van der Waals surface area contributed by atoms with E-state index in [9.17, 15) is 17.6 Å². The fourth-order valence-electron chi connectivity index (χ4n) is 4.48. The number of aryl methyl sites for hydroxylation is 1. The van der Waals surface area contributed by atoms with E-state index in [0.717, 1.165) is 36.6 Å². The molecule has 4 aromatic rings. The van der Waals surface area contributed by atoms with Crippen molar-refractivity contribution in [2.75, 3.05) is 11.3 Å². The Kier molecular flexibility index (Phi) is 6.58. The zero-order valence-corrected chi connectivity index (χ0v) is 21.1. The molecular weight excluding hydrogens is 495 g/mol. The zero-order valence-electron chi connectivity index (χ0n) is 20.3. The Labute approximate surface area is 213 Å². The molecule has 1 aliphatic heterocycles. The Bertz CT molecular complexity index is 1710. The van der Waals surface area contributed by atoms with E-state index < -0.39 is 27.8 Å². The molecule has 1 unspecified atom stereocenters. The Balaban J connectivity index is 1.48. The molecule has 2 aromatic heterocycles. The number of sulfonamides is 1. The molecule has 0 amide bonds. The van der Waals surface area contributed by atoms with Gasteiger partial charge < -0.3 is 9.73 Å². The molecule has 0 radical (unpaired) electrons. The number of nitrogens with one attached hydrogen (secondary N) is 2. The first-order valence-corrected chi connectivity index (χ1v) is 13.4. The van der Waals surface area contributed by atoms with E-state index in [0.29, 0.717) is 11.1 Å². The Morgan fingerprint density at radius 2 is 2.03 bits per heavy atom. The van der Waals surface area contributed by atoms with Gasteiger partial charge in [-0.15, -0.1) is 0 Å². The Morgan fingerprint density at radius 3 is 2.78 bits per heavy atom. The van der Waals surface area contributed by atoms with Crippen LogP contribution in [0.5, 0.6) is 0 Å². The number of halogens is 1. The summed E-state index contributed by atoms with van der Waals surface area (Å²) in [6.45, 7) is 4.47. The van der Waals surface area contributed by atoms with Crippen LogP contribution in [0, 0.1) is 24.7 Å². The second-order valence-electron chi connectivity index (χ2n) is 8.99. The average molecular weight is 521 g/mol. The molecule has 0 spiro atoms. The van der Waals surface area contributed by atoms with E-state index in [4.69, 9.17) is 4.42 Å². The number of oxazole rings is 1. The van der Waals surface area contributed by atoms with Crippen molar-refractivity contribution >= 4 is 26.9 Å². The maximum atomic E-state index is 13.4. The second-order valence-corrected chi connectivity index (χ2v) is 10.6. The lowest BCUT2D eigenvalue weighted by atomic mass is 10.0. The predicted molar refractivity (Wildman–Crippen MR) is 138 cm³/mol. The van der Waals surface area contributed by atoms with Gasteiger partial charge in [0.25, 0.3) is 10.0 Å². The van der Waals surface area contributed by atoms with Crippen molar-refractivity contribution < 1.29 is 17.2 Å². The number of pyridine rings is 1. The zero-order chi connectivity index (χ0) is 26.2. The van der Waals surface area contributed by atoms with Gasteiger partial charge in [0.1, 0.15) is 5.82 Å². The van der Waals surface area contributed by atoms with Crippen molar-refractivity contribution in [2.24, 2.45) is 0 Å². The number of hydrogen-bond acceptors (Lipinski definition) is 6. The summed E-state index contributed by atoms with van der Waals surface area (Å²) in [5.74, 6) is 4.89. The first kappa shape index (κ1) is 24.7. The van der Waals surface area contributed by atoms with Crippen molar-refractivity contribution in [1.82, 2.24) is 14.9 Å². The van der Waals surface area contributed by atoms with Gasteiger partial charge in [0.2, 0.25) is 5.95 Å². The van der Waals surface area contributed by atoms with Crippen LogP contribution in [-0.2, 0) is 10.0 Å². The number of hydrogen-bond donors (Lipinski definition) is 2. The van der Waals surface area contributed by atoms with E-state index in [2.05, 4.69) is 26.9 Å². The molecule has 5 rings (SSSR count). The Morgan fingerprint density at radius 1 is 1.22 bits per heavy atom. The number of benzene rings is 2. The van der Waals surface area contributed by atoms with Crippen molar-refractivity contribution in [3.8, 4) is 11.8 Å². The molecule has 190 valence electrons. The summed E-state index contributed by atoms with van der Waals surface area (Å²) in [4.78, 5) is 16.3. The molecule has 2 aromatic carbocycles. The topological polar surface area (TPSA) is 106 Å². The highest BCUT2D eigenvalue weighted by molar-refractivity contribution is 7.92. The van der Waals surface area contributed by atoms with E-state index in [1.54, 1.807) is 13.0 Å². The highest BCUT2D eigenvalue weighted by Crippen LogP contribution is 2.28. The van der Waals surface area contributed by atoms with Crippen LogP contribution in [0.4, 0.5) is 10.2 Å². The third kappa shape index (κ3) is 5.14. The van der Waals surface area contributed by atoms with Gasteiger partial charge in [-0.3, -0.25) is 9.29 Å². The minimum absolute atomic E-state index is 0.0996. The molecule has 3 heterocycles. The van der Waals surface area contributed by atoms with Crippen LogP contribution in [0.25, 0.3) is 11.1 Å². The minimum Gasteiger partial charge on any atom is -0.408 e. The van der Waals surface area contributed by atoms with Crippen LogP contribution in [0.2, 0.25) is 0 Å². The molecule has 2 atom stereocenters. The van der Waals surface area contributed by atoms with Crippen LogP contribution in [0.3, 0.4) is 0 Å². The monoisotopic (exact) mass is 520 g/mol. The van der Waals surface area contributed by atoms with Gasteiger partial charge in [0.05, 0.1) is 22.5 Å². The fraction of sp³-hybridized carbons (Fsp3) is 0.259. The van der Waals surface area contributed by atoms with Gasteiger partial charge in [0.15, 0.2) is 5.58 Å². The quantitative estimate of drug-likeness (QED) is 0.305. The van der Waals surface area contributed by atoms with Crippen LogP contribution in [0.1, 0.15) is 42.5 Å². The number of anilines is 1. The Hall–Kier alpha value is -3.94. The smallest absolute Gasteiger partial charge is 0.408 e.